The maximum atomic E-state index is 12.8. The molecule has 8 heteroatoms. The number of benzene rings is 1. The fraction of sp³-hybridized carbons (Fsp3) is 0.474. The second kappa shape index (κ2) is 8.08. The molecule has 0 aliphatic carbocycles. The number of likely N-dealkylation sites (tertiary alicyclic amines) is 1. The second-order valence-electron chi connectivity index (χ2n) is 6.92. The third-order valence-corrected chi connectivity index (χ3v) is 5.10. The fourth-order valence-electron chi connectivity index (χ4n) is 3.58. The van der Waals surface area contributed by atoms with Crippen molar-refractivity contribution in [1.29, 1.82) is 5.26 Å². The molecule has 0 bridgehead atoms. The lowest BCUT2D eigenvalue weighted by Crippen LogP contribution is -2.56. The molecule has 2 fully saturated rings. The quantitative estimate of drug-likeness (QED) is 0.838. The molecule has 1 aromatic carbocycles. The lowest BCUT2D eigenvalue weighted by molar-refractivity contribution is -0.143. The molecule has 1 aromatic rings. The number of hydrogen-bond donors (Lipinski definition) is 2. The van der Waals surface area contributed by atoms with Gasteiger partial charge in [-0.3, -0.25) is 9.59 Å². The summed E-state index contributed by atoms with van der Waals surface area (Å²) in [6, 6.07) is 7.79. The zero-order valence-electron chi connectivity index (χ0n) is 14.9. The van der Waals surface area contributed by atoms with Gasteiger partial charge in [-0.15, -0.1) is 0 Å². The highest BCUT2D eigenvalue weighted by Crippen LogP contribution is 2.22. The number of urea groups is 1. The van der Waals surface area contributed by atoms with Crippen molar-refractivity contribution >= 4 is 23.6 Å². The maximum absolute atomic E-state index is 12.8. The van der Waals surface area contributed by atoms with Crippen molar-refractivity contribution in [3.8, 4) is 6.07 Å². The van der Waals surface area contributed by atoms with Gasteiger partial charge in [0.1, 0.15) is 6.04 Å². The minimum absolute atomic E-state index is 0.168. The van der Waals surface area contributed by atoms with E-state index < -0.39 is 17.9 Å². The number of piperidine rings is 2. The van der Waals surface area contributed by atoms with Crippen LogP contribution in [-0.2, 0) is 9.59 Å². The van der Waals surface area contributed by atoms with E-state index in [9.17, 15) is 14.4 Å². The Kier molecular flexibility index (Phi) is 5.60. The van der Waals surface area contributed by atoms with E-state index in [0.717, 1.165) is 6.42 Å². The molecule has 3 rings (SSSR count). The molecule has 0 aromatic heterocycles. The van der Waals surface area contributed by atoms with Crippen molar-refractivity contribution in [1.82, 2.24) is 10.2 Å². The van der Waals surface area contributed by atoms with Crippen LogP contribution in [-0.4, -0.2) is 53.6 Å². The first-order valence-electron chi connectivity index (χ1n) is 9.09. The number of carbonyl (C=O) groups excluding carboxylic acids is 2. The summed E-state index contributed by atoms with van der Waals surface area (Å²) in [5, 5.41) is 20.8. The maximum Gasteiger partial charge on any atom is 0.318 e. The minimum atomic E-state index is -0.895. The summed E-state index contributed by atoms with van der Waals surface area (Å²) < 4.78 is 0. The van der Waals surface area contributed by atoms with E-state index in [1.165, 1.54) is 4.90 Å². The molecule has 2 N–H and O–H groups in total. The standard InChI is InChI=1S/C19H22N4O4/c20-11-13-5-7-15(8-6-13)23-10-2-4-16(17(23)24)21-19(27)22-9-1-3-14(12-22)18(25)26/h5-8,14,16H,1-4,9-10,12H2,(H,21,27)(H,25,26). The molecule has 8 nitrogen and oxygen atoms in total. The molecule has 0 saturated carbocycles. The van der Waals surface area contributed by atoms with E-state index in [1.54, 1.807) is 29.2 Å². The van der Waals surface area contributed by atoms with E-state index in [1.807, 2.05) is 6.07 Å². The predicted octanol–water partition coefficient (Wildman–Crippen LogP) is 1.56. The van der Waals surface area contributed by atoms with Crippen LogP contribution in [0.2, 0.25) is 0 Å². The molecule has 2 aliphatic rings. The number of aliphatic carboxylic acids is 1. The van der Waals surface area contributed by atoms with Crippen molar-refractivity contribution in [2.75, 3.05) is 24.5 Å². The Morgan fingerprint density at radius 2 is 1.85 bits per heavy atom. The van der Waals surface area contributed by atoms with Crippen LogP contribution in [0.3, 0.4) is 0 Å². The Labute approximate surface area is 157 Å². The van der Waals surface area contributed by atoms with Gasteiger partial charge in [0.15, 0.2) is 0 Å². The van der Waals surface area contributed by atoms with Crippen LogP contribution in [0.1, 0.15) is 31.2 Å². The summed E-state index contributed by atoms with van der Waals surface area (Å²) in [7, 11) is 0. The van der Waals surface area contributed by atoms with Crippen LogP contribution in [0.4, 0.5) is 10.5 Å². The van der Waals surface area contributed by atoms with Gasteiger partial charge in [0.2, 0.25) is 5.91 Å². The van der Waals surface area contributed by atoms with Gasteiger partial charge in [-0.2, -0.15) is 5.26 Å². The van der Waals surface area contributed by atoms with Crippen LogP contribution in [0.5, 0.6) is 0 Å². The molecule has 2 saturated heterocycles. The monoisotopic (exact) mass is 370 g/mol. The summed E-state index contributed by atoms with van der Waals surface area (Å²) >= 11 is 0. The Balaban J connectivity index is 1.64. The van der Waals surface area contributed by atoms with Crippen LogP contribution in [0, 0.1) is 17.2 Å². The van der Waals surface area contributed by atoms with Gasteiger partial charge in [-0.25, -0.2) is 4.79 Å². The molecule has 3 amide bonds. The van der Waals surface area contributed by atoms with Crippen molar-refractivity contribution in [3.05, 3.63) is 29.8 Å². The topological polar surface area (TPSA) is 114 Å². The van der Waals surface area contributed by atoms with Crippen molar-refractivity contribution in [2.24, 2.45) is 5.92 Å². The number of rotatable bonds is 3. The Morgan fingerprint density at radius 3 is 2.52 bits per heavy atom. The first-order valence-corrected chi connectivity index (χ1v) is 9.09. The van der Waals surface area contributed by atoms with E-state index >= 15 is 0 Å². The highest BCUT2D eigenvalue weighted by Gasteiger charge is 2.34. The van der Waals surface area contributed by atoms with Crippen molar-refractivity contribution in [2.45, 2.75) is 31.7 Å². The number of hydrogen-bond acceptors (Lipinski definition) is 4. The van der Waals surface area contributed by atoms with E-state index in [-0.39, 0.29) is 18.5 Å². The predicted molar refractivity (Wildman–Crippen MR) is 97.0 cm³/mol. The van der Waals surface area contributed by atoms with Crippen molar-refractivity contribution < 1.29 is 19.5 Å². The summed E-state index contributed by atoms with van der Waals surface area (Å²) in [5.74, 6) is -1.64. The molecule has 2 unspecified atom stereocenters. The number of anilines is 1. The molecule has 0 radical (unpaired) electrons. The number of carbonyl (C=O) groups is 3. The Bertz CT molecular complexity index is 771. The number of nitriles is 1. The van der Waals surface area contributed by atoms with Gasteiger partial charge in [0.25, 0.3) is 0 Å². The molecule has 2 heterocycles. The molecule has 0 spiro atoms. The van der Waals surface area contributed by atoms with Crippen LogP contribution in [0.25, 0.3) is 0 Å². The van der Waals surface area contributed by atoms with Gasteiger partial charge < -0.3 is 20.2 Å². The summed E-state index contributed by atoms with van der Waals surface area (Å²) in [6.07, 6.45) is 2.50. The lowest BCUT2D eigenvalue weighted by atomic mass is 9.98. The smallest absolute Gasteiger partial charge is 0.318 e. The lowest BCUT2D eigenvalue weighted by Gasteiger charge is -2.35. The molecule has 27 heavy (non-hydrogen) atoms. The zero-order chi connectivity index (χ0) is 19.4. The van der Waals surface area contributed by atoms with Gasteiger partial charge >= 0.3 is 12.0 Å². The number of nitrogens with one attached hydrogen (secondary N) is 1. The molecular weight excluding hydrogens is 348 g/mol. The third-order valence-electron chi connectivity index (χ3n) is 5.10. The van der Waals surface area contributed by atoms with E-state index in [4.69, 9.17) is 10.4 Å². The van der Waals surface area contributed by atoms with Gasteiger partial charge in [-0.05, 0) is 49.9 Å². The summed E-state index contributed by atoms with van der Waals surface area (Å²) in [6.45, 7) is 1.22. The molecule has 2 aliphatic heterocycles. The van der Waals surface area contributed by atoms with Gasteiger partial charge in [0, 0.05) is 25.3 Å². The van der Waals surface area contributed by atoms with Crippen molar-refractivity contribution in [3.63, 3.8) is 0 Å². The van der Waals surface area contributed by atoms with Gasteiger partial charge in [-0.1, -0.05) is 0 Å². The molecular formula is C19H22N4O4. The molecule has 2 atom stereocenters. The number of carboxylic acid groups (broad SMARTS) is 1. The first kappa shape index (κ1) is 18.7. The number of carboxylic acids is 1. The Hall–Kier alpha value is -3.08. The Morgan fingerprint density at radius 1 is 1.15 bits per heavy atom. The summed E-state index contributed by atoms with van der Waals surface area (Å²) in [4.78, 5) is 39.6. The average molecular weight is 370 g/mol. The highest BCUT2D eigenvalue weighted by atomic mass is 16.4. The third kappa shape index (κ3) is 4.19. The molecule has 142 valence electrons. The average Bonchev–Trinajstić information content (AvgIpc) is 2.69. The van der Waals surface area contributed by atoms with Crippen LogP contribution < -0.4 is 10.2 Å². The normalized spacial score (nSPS) is 22.9. The SMILES string of the molecule is N#Cc1ccc(N2CCCC(NC(=O)N3CCCC(C(=O)O)C3)C2=O)cc1. The van der Waals surface area contributed by atoms with E-state index in [2.05, 4.69) is 5.32 Å². The first-order chi connectivity index (χ1) is 13.0. The fourth-order valence-corrected chi connectivity index (χ4v) is 3.58. The second-order valence-corrected chi connectivity index (χ2v) is 6.92. The zero-order valence-corrected chi connectivity index (χ0v) is 14.9. The number of amides is 3. The highest BCUT2D eigenvalue weighted by molar-refractivity contribution is 5.99. The van der Waals surface area contributed by atoms with E-state index in [0.29, 0.717) is 43.6 Å². The van der Waals surface area contributed by atoms with Gasteiger partial charge in [0.05, 0.1) is 17.6 Å². The largest absolute Gasteiger partial charge is 0.481 e. The minimum Gasteiger partial charge on any atom is -0.481 e. The number of nitrogens with zero attached hydrogens (tertiary/aromatic N) is 3. The summed E-state index contributed by atoms with van der Waals surface area (Å²) in [5.41, 5.74) is 1.22. The van der Waals surface area contributed by atoms with Crippen LogP contribution >= 0.6 is 0 Å². The van der Waals surface area contributed by atoms with Crippen LogP contribution in [0.15, 0.2) is 24.3 Å².